The van der Waals surface area contributed by atoms with Crippen LogP contribution in [0.4, 0.5) is 4.39 Å². The fourth-order valence-corrected chi connectivity index (χ4v) is 1.72. The highest BCUT2D eigenvalue weighted by molar-refractivity contribution is 5.97. The summed E-state index contributed by atoms with van der Waals surface area (Å²) < 4.78 is 12.7. The second-order valence-corrected chi connectivity index (χ2v) is 4.28. The lowest BCUT2D eigenvalue weighted by Gasteiger charge is -2.08. The Morgan fingerprint density at radius 2 is 1.89 bits per heavy atom. The molecule has 19 heavy (non-hydrogen) atoms. The SMILES string of the molecule is Cc1cccc(C(=O)NCc2ccc(F)cc2)c1O. The van der Waals surface area contributed by atoms with Gasteiger partial charge in [-0.1, -0.05) is 24.3 Å². The van der Waals surface area contributed by atoms with Crippen molar-refractivity contribution in [2.24, 2.45) is 0 Å². The predicted molar refractivity (Wildman–Crippen MR) is 70.4 cm³/mol. The van der Waals surface area contributed by atoms with Gasteiger partial charge in [-0.25, -0.2) is 4.39 Å². The Bertz CT molecular complexity index is 594. The van der Waals surface area contributed by atoms with Gasteiger partial charge in [0.2, 0.25) is 0 Å². The van der Waals surface area contributed by atoms with Crippen molar-refractivity contribution in [1.82, 2.24) is 5.32 Å². The third kappa shape index (κ3) is 3.10. The number of para-hydroxylation sites is 1. The highest BCUT2D eigenvalue weighted by atomic mass is 19.1. The zero-order chi connectivity index (χ0) is 13.8. The Labute approximate surface area is 110 Å². The van der Waals surface area contributed by atoms with Gasteiger partial charge in [-0.2, -0.15) is 0 Å². The Morgan fingerprint density at radius 1 is 1.21 bits per heavy atom. The molecule has 0 radical (unpaired) electrons. The lowest BCUT2D eigenvalue weighted by atomic mass is 10.1. The third-order valence-electron chi connectivity index (χ3n) is 2.85. The largest absolute Gasteiger partial charge is 0.507 e. The minimum absolute atomic E-state index is 0.0147. The van der Waals surface area contributed by atoms with Crippen molar-refractivity contribution in [3.63, 3.8) is 0 Å². The van der Waals surface area contributed by atoms with Gasteiger partial charge in [0, 0.05) is 6.54 Å². The molecule has 2 rings (SSSR count). The van der Waals surface area contributed by atoms with Crippen LogP contribution in [0.2, 0.25) is 0 Å². The van der Waals surface area contributed by atoms with E-state index in [0.717, 1.165) is 5.56 Å². The molecule has 0 bridgehead atoms. The number of phenols is 1. The fraction of sp³-hybridized carbons (Fsp3) is 0.133. The second-order valence-electron chi connectivity index (χ2n) is 4.28. The molecule has 98 valence electrons. The first-order valence-corrected chi connectivity index (χ1v) is 5.89. The number of amides is 1. The van der Waals surface area contributed by atoms with Crippen molar-refractivity contribution in [3.8, 4) is 5.75 Å². The van der Waals surface area contributed by atoms with Gasteiger partial charge in [0.05, 0.1) is 5.56 Å². The zero-order valence-corrected chi connectivity index (χ0v) is 10.5. The molecule has 0 aromatic heterocycles. The molecule has 1 amide bonds. The van der Waals surface area contributed by atoms with Crippen LogP contribution in [-0.4, -0.2) is 11.0 Å². The molecular weight excluding hydrogens is 245 g/mol. The van der Waals surface area contributed by atoms with Crippen LogP contribution < -0.4 is 5.32 Å². The van der Waals surface area contributed by atoms with Gasteiger partial charge in [-0.15, -0.1) is 0 Å². The molecule has 0 aliphatic heterocycles. The molecule has 0 aliphatic rings. The first kappa shape index (κ1) is 13.1. The lowest BCUT2D eigenvalue weighted by molar-refractivity contribution is 0.0948. The molecule has 3 nitrogen and oxygen atoms in total. The molecule has 0 unspecified atom stereocenters. The first-order chi connectivity index (χ1) is 9.08. The summed E-state index contributed by atoms with van der Waals surface area (Å²) in [6, 6.07) is 10.9. The van der Waals surface area contributed by atoms with E-state index in [1.807, 2.05) is 0 Å². The molecule has 0 atom stereocenters. The van der Waals surface area contributed by atoms with Crippen LogP contribution in [0, 0.1) is 12.7 Å². The number of halogens is 1. The van der Waals surface area contributed by atoms with E-state index in [9.17, 15) is 14.3 Å². The van der Waals surface area contributed by atoms with Crippen LogP contribution >= 0.6 is 0 Å². The topological polar surface area (TPSA) is 49.3 Å². The number of aromatic hydroxyl groups is 1. The van der Waals surface area contributed by atoms with E-state index in [-0.39, 0.29) is 29.6 Å². The maximum Gasteiger partial charge on any atom is 0.255 e. The van der Waals surface area contributed by atoms with Crippen LogP contribution in [-0.2, 0) is 6.54 Å². The van der Waals surface area contributed by atoms with E-state index >= 15 is 0 Å². The average Bonchev–Trinajstić information content (AvgIpc) is 2.41. The van der Waals surface area contributed by atoms with E-state index < -0.39 is 0 Å². The van der Waals surface area contributed by atoms with E-state index in [1.54, 1.807) is 37.3 Å². The van der Waals surface area contributed by atoms with Crippen molar-refractivity contribution >= 4 is 5.91 Å². The molecule has 0 spiro atoms. The van der Waals surface area contributed by atoms with E-state index in [0.29, 0.717) is 5.56 Å². The highest BCUT2D eigenvalue weighted by Crippen LogP contribution is 2.21. The molecule has 2 aromatic carbocycles. The summed E-state index contributed by atoms with van der Waals surface area (Å²) in [5.74, 6) is -0.684. The Hall–Kier alpha value is -2.36. The van der Waals surface area contributed by atoms with Gasteiger partial charge < -0.3 is 10.4 Å². The van der Waals surface area contributed by atoms with Crippen molar-refractivity contribution in [2.45, 2.75) is 13.5 Å². The number of benzene rings is 2. The summed E-state index contributed by atoms with van der Waals surface area (Å²) in [5, 5.41) is 12.5. The third-order valence-corrected chi connectivity index (χ3v) is 2.85. The number of aryl methyl sites for hydroxylation is 1. The minimum Gasteiger partial charge on any atom is -0.507 e. The van der Waals surface area contributed by atoms with Crippen LogP contribution in [0.1, 0.15) is 21.5 Å². The Balaban J connectivity index is 2.05. The van der Waals surface area contributed by atoms with Gasteiger partial charge in [-0.05, 0) is 36.2 Å². The number of nitrogens with one attached hydrogen (secondary N) is 1. The van der Waals surface area contributed by atoms with Crippen molar-refractivity contribution in [1.29, 1.82) is 0 Å². The molecule has 2 N–H and O–H groups in total. The summed E-state index contributed by atoms with van der Waals surface area (Å²) in [4.78, 5) is 11.9. The zero-order valence-electron chi connectivity index (χ0n) is 10.5. The standard InChI is InChI=1S/C15H14FNO2/c1-10-3-2-4-13(14(10)18)15(19)17-9-11-5-7-12(16)8-6-11/h2-8,18H,9H2,1H3,(H,17,19). The number of carbonyl (C=O) groups is 1. The molecule has 0 saturated carbocycles. The van der Waals surface area contributed by atoms with Gasteiger partial charge >= 0.3 is 0 Å². The monoisotopic (exact) mass is 259 g/mol. The van der Waals surface area contributed by atoms with Crippen molar-refractivity contribution in [2.75, 3.05) is 0 Å². The van der Waals surface area contributed by atoms with Gasteiger partial charge in [0.1, 0.15) is 11.6 Å². The second kappa shape index (κ2) is 5.52. The summed E-state index contributed by atoms with van der Waals surface area (Å²) in [5.41, 5.74) is 1.68. The Kier molecular flexibility index (Phi) is 3.80. The molecule has 0 heterocycles. The van der Waals surface area contributed by atoms with E-state index in [1.165, 1.54) is 12.1 Å². The van der Waals surface area contributed by atoms with Crippen molar-refractivity contribution in [3.05, 3.63) is 65.0 Å². The predicted octanol–water partition coefficient (Wildman–Crippen LogP) is 2.77. The van der Waals surface area contributed by atoms with Gasteiger partial charge in [-0.3, -0.25) is 4.79 Å². The van der Waals surface area contributed by atoms with Crippen LogP contribution in [0.15, 0.2) is 42.5 Å². The fourth-order valence-electron chi connectivity index (χ4n) is 1.72. The summed E-state index contributed by atoms with van der Waals surface area (Å²) in [7, 11) is 0. The van der Waals surface area contributed by atoms with Crippen LogP contribution in [0.5, 0.6) is 5.75 Å². The molecule has 0 saturated heterocycles. The molecular formula is C15H14FNO2. The highest BCUT2D eigenvalue weighted by Gasteiger charge is 2.11. The van der Waals surface area contributed by atoms with Gasteiger partial charge in [0.15, 0.2) is 0 Å². The van der Waals surface area contributed by atoms with Crippen LogP contribution in [0.25, 0.3) is 0 Å². The number of phenolic OH excluding ortho intramolecular Hbond substituents is 1. The summed E-state index contributed by atoms with van der Waals surface area (Å²) >= 11 is 0. The number of carbonyl (C=O) groups excluding carboxylic acids is 1. The van der Waals surface area contributed by atoms with E-state index in [2.05, 4.69) is 5.32 Å². The number of rotatable bonds is 3. The number of hydrogen-bond acceptors (Lipinski definition) is 2. The normalized spacial score (nSPS) is 10.2. The Morgan fingerprint density at radius 3 is 2.58 bits per heavy atom. The summed E-state index contributed by atoms with van der Waals surface area (Å²) in [6.45, 7) is 2.01. The quantitative estimate of drug-likeness (QED) is 0.890. The van der Waals surface area contributed by atoms with Crippen molar-refractivity contribution < 1.29 is 14.3 Å². The molecule has 2 aromatic rings. The van der Waals surface area contributed by atoms with Gasteiger partial charge in [0.25, 0.3) is 5.91 Å². The lowest BCUT2D eigenvalue weighted by Crippen LogP contribution is -2.23. The average molecular weight is 259 g/mol. The summed E-state index contributed by atoms with van der Waals surface area (Å²) in [6.07, 6.45) is 0. The van der Waals surface area contributed by atoms with E-state index in [4.69, 9.17) is 0 Å². The molecule has 4 heteroatoms. The first-order valence-electron chi connectivity index (χ1n) is 5.89. The molecule has 0 fully saturated rings. The minimum atomic E-state index is -0.356. The maximum absolute atomic E-state index is 12.7. The smallest absolute Gasteiger partial charge is 0.255 e. The maximum atomic E-state index is 12.7. The number of hydrogen-bond donors (Lipinski definition) is 2. The molecule has 0 aliphatic carbocycles. The van der Waals surface area contributed by atoms with Crippen LogP contribution in [0.3, 0.4) is 0 Å².